The average Bonchev–Trinajstić information content (AvgIpc) is 3.46. The molecule has 1 aromatic heterocycles. The lowest BCUT2D eigenvalue weighted by molar-refractivity contribution is 0.0949. The Kier molecular flexibility index (Phi) is 4.90. The Hall–Kier alpha value is -3.08. The molecule has 0 unspecified atom stereocenters. The largest absolute Gasteiger partial charge is 0.489 e. The second-order valence-corrected chi connectivity index (χ2v) is 7.45. The zero-order chi connectivity index (χ0) is 19.6. The summed E-state index contributed by atoms with van der Waals surface area (Å²) in [5, 5.41) is 7.03. The van der Waals surface area contributed by atoms with Crippen molar-refractivity contribution in [3.05, 3.63) is 82.7 Å². The first-order valence-corrected chi connectivity index (χ1v) is 9.56. The molecule has 0 spiro atoms. The van der Waals surface area contributed by atoms with Crippen LogP contribution in [0.2, 0.25) is 0 Å². The van der Waals surface area contributed by atoms with Crippen LogP contribution in [-0.2, 0) is 12.0 Å². The highest BCUT2D eigenvalue weighted by atomic mass is 16.5. The molecule has 0 saturated heterocycles. The van der Waals surface area contributed by atoms with Crippen molar-refractivity contribution >= 4 is 5.91 Å². The first-order valence-electron chi connectivity index (χ1n) is 9.56. The van der Waals surface area contributed by atoms with Gasteiger partial charge in [-0.25, -0.2) is 0 Å². The third-order valence-electron chi connectivity index (χ3n) is 5.49. The van der Waals surface area contributed by atoms with Gasteiger partial charge in [-0.1, -0.05) is 41.6 Å². The molecule has 0 aliphatic heterocycles. The summed E-state index contributed by atoms with van der Waals surface area (Å²) in [6.45, 7) is 4.77. The normalized spacial score (nSPS) is 14.5. The monoisotopic (exact) mass is 376 g/mol. The van der Waals surface area contributed by atoms with Crippen LogP contribution >= 0.6 is 0 Å². The zero-order valence-corrected chi connectivity index (χ0v) is 16.2. The number of hydrogen-bond acceptors (Lipinski definition) is 4. The number of ether oxygens (including phenoxy) is 1. The molecule has 1 aliphatic rings. The smallest absolute Gasteiger partial charge is 0.251 e. The summed E-state index contributed by atoms with van der Waals surface area (Å²) in [6.07, 6.45) is 2.22. The number of carbonyl (C=O) groups excluding carboxylic acids is 1. The van der Waals surface area contributed by atoms with E-state index in [0.29, 0.717) is 24.5 Å². The van der Waals surface area contributed by atoms with Crippen molar-refractivity contribution in [2.75, 3.05) is 6.54 Å². The van der Waals surface area contributed by atoms with E-state index in [9.17, 15) is 4.79 Å². The predicted octanol–water partition coefficient (Wildman–Crippen LogP) is 4.33. The molecule has 1 N–H and O–H groups in total. The van der Waals surface area contributed by atoms with Gasteiger partial charge in [-0.2, -0.15) is 0 Å². The van der Waals surface area contributed by atoms with Crippen LogP contribution in [-0.4, -0.2) is 17.6 Å². The third kappa shape index (κ3) is 3.79. The molecule has 0 bridgehead atoms. The van der Waals surface area contributed by atoms with E-state index in [2.05, 4.69) is 34.7 Å². The molecule has 4 rings (SSSR count). The standard InChI is InChI=1S/C23H24N2O3/c1-16-21(17(2)28-25-16)14-27-20-10-6-7-18(13-20)22(26)24-15-23(11-12-23)19-8-4-3-5-9-19/h3-10,13H,11-12,14-15H2,1-2H3,(H,24,26). The Morgan fingerprint density at radius 1 is 1.14 bits per heavy atom. The lowest BCUT2D eigenvalue weighted by Gasteiger charge is -2.17. The quantitative estimate of drug-likeness (QED) is 0.666. The molecule has 1 saturated carbocycles. The van der Waals surface area contributed by atoms with Crippen molar-refractivity contribution in [3.63, 3.8) is 0 Å². The van der Waals surface area contributed by atoms with E-state index in [4.69, 9.17) is 9.26 Å². The third-order valence-corrected chi connectivity index (χ3v) is 5.49. The van der Waals surface area contributed by atoms with E-state index in [1.165, 1.54) is 5.56 Å². The fraction of sp³-hybridized carbons (Fsp3) is 0.304. The molecule has 1 amide bonds. The van der Waals surface area contributed by atoms with Crippen molar-refractivity contribution in [3.8, 4) is 5.75 Å². The zero-order valence-electron chi connectivity index (χ0n) is 16.2. The molecule has 5 nitrogen and oxygen atoms in total. The molecule has 1 aliphatic carbocycles. The maximum absolute atomic E-state index is 12.7. The number of nitrogens with zero attached hydrogens (tertiary/aromatic N) is 1. The molecule has 1 fully saturated rings. The summed E-state index contributed by atoms with van der Waals surface area (Å²) in [5.41, 5.74) is 3.75. The highest BCUT2D eigenvalue weighted by Crippen LogP contribution is 2.47. The highest BCUT2D eigenvalue weighted by Gasteiger charge is 2.44. The van der Waals surface area contributed by atoms with E-state index in [-0.39, 0.29) is 11.3 Å². The molecule has 3 aromatic rings. The number of aryl methyl sites for hydroxylation is 2. The Bertz CT molecular complexity index is 955. The minimum absolute atomic E-state index is 0.0787. The van der Waals surface area contributed by atoms with Gasteiger partial charge in [-0.05, 0) is 50.5 Å². The van der Waals surface area contributed by atoms with Crippen molar-refractivity contribution < 1.29 is 14.1 Å². The fourth-order valence-electron chi connectivity index (χ4n) is 3.45. The first kappa shape index (κ1) is 18.3. The summed E-state index contributed by atoms with van der Waals surface area (Å²) in [5.74, 6) is 1.32. The lowest BCUT2D eigenvalue weighted by Crippen LogP contribution is -2.32. The maximum Gasteiger partial charge on any atom is 0.251 e. The molecule has 144 valence electrons. The van der Waals surface area contributed by atoms with Crippen molar-refractivity contribution in [1.29, 1.82) is 0 Å². The summed E-state index contributed by atoms with van der Waals surface area (Å²) >= 11 is 0. The van der Waals surface area contributed by atoms with Gasteiger partial charge in [0.05, 0.1) is 11.3 Å². The first-order chi connectivity index (χ1) is 13.6. The van der Waals surface area contributed by atoms with Crippen LogP contribution in [0.4, 0.5) is 0 Å². The number of nitrogens with one attached hydrogen (secondary N) is 1. The number of amides is 1. The molecule has 0 atom stereocenters. The van der Waals surface area contributed by atoms with Crippen LogP contribution in [0.3, 0.4) is 0 Å². The molecule has 5 heteroatoms. The predicted molar refractivity (Wildman–Crippen MR) is 106 cm³/mol. The average molecular weight is 376 g/mol. The fourth-order valence-corrected chi connectivity index (χ4v) is 3.45. The van der Waals surface area contributed by atoms with Gasteiger partial charge in [0.1, 0.15) is 18.1 Å². The number of hydrogen-bond donors (Lipinski definition) is 1. The lowest BCUT2D eigenvalue weighted by atomic mass is 9.96. The second-order valence-electron chi connectivity index (χ2n) is 7.45. The summed E-state index contributed by atoms with van der Waals surface area (Å²) < 4.78 is 11.0. The number of rotatable bonds is 7. The van der Waals surface area contributed by atoms with Crippen LogP contribution in [0.5, 0.6) is 5.75 Å². The number of benzene rings is 2. The van der Waals surface area contributed by atoms with Gasteiger partial charge in [-0.3, -0.25) is 4.79 Å². The topological polar surface area (TPSA) is 64.4 Å². The van der Waals surface area contributed by atoms with Crippen molar-refractivity contribution in [2.24, 2.45) is 0 Å². The summed E-state index contributed by atoms with van der Waals surface area (Å²) in [6, 6.07) is 17.7. The Morgan fingerprint density at radius 3 is 2.61 bits per heavy atom. The molecule has 28 heavy (non-hydrogen) atoms. The van der Waals surface area contributed by atoms with Gasteiger partial charge < -0.3 is 14.6 Å². The van der Waals surface area contributed by atoms with Crippen LogP contribution in [0.25, 0.3) is 0 Å². The summed E-state index contributed by atoms with van der Waals surface area (Å²) in [4.78, 5) is 12.7. The van der Waals surface area contributed by atoms with Gasteiger partial charge in [0, 0.05) is 17.5 Å². The number of carbonyl (C=O) groups is 1. The van der Waals surface area contributed by atoms with Gasteiger partial charge in [0.2, 0.25) is 0 Å². The van der Waals surface area contributed by atoms with Crippen LogP contribution < -0.4 is 10.1 Å². The van der Waals surface area contributed by atoms with E-state index >= 15 is 0 Å². The summed E-state index contributed by atoms with van der Waals surface area (Å²) in [7, 11) is 0. The van der Waals surface area contributed by atoms with Gasteiger partial charge in [-0.15, -0.1) is 0 Å². The SMILES string of the molecule is Cc1noc(C)c1COc1cccc(C(=O)NCC2(c3ccccc3)CC2)c1. The molecule has 2 aromatic carbocycles. The van der Waals surface area contributed by atoms with Gasteiger partial charge in [0.15, 0.2) is 0 Å². The van der Waals surface area contributed by atoms with Gasteiger partial charge in [0.25, 0.3) is 5.91 Å². The molecular weight excluding hydrogens is 352 g/mol. The second kappa shape index (κ2) is 7.50. The number of aromatic nitrogens is 1. The van der Waals surface area contributed by atoms with Crippen LogP contribution in [0, 0.1) is 13.8 Å². The minimum atomic E-state index is -0.0787. The maximum atomic E-state index is 12.7. The highest BCUT2D eigenvalue weighted by molar-refractivity contribution is 5.94. The van der Waals surface area contributed by atoms with Crippen molar-refractivity contribution in [2.45, 2.75) is 38.7 Å². The molecular formula is C23H24N2O3. The molecule has 0 radical (unpaired) electrons. The van der Waals surface area contributed by atoms with Crippen molar-refractivity contribution in [1.82, 2.24) is 10.5 Å². The van der Waals surface area contributed by atoms with Crippen LogP contribution in [0.15, 0.2) is 59.1 Å². The van der Waals surface area contributed by atoms with E-state index in [1.807, 2.05) is 32.0 Å². The van der Waals surface area contributed by atoms with E-state index in [0.717, 1.165) is 29.9 Å². The van der Waals surface area contributed by atoms with Crippen LogP contribution in [0.1, 0.15) is 45.8 Å². The minimum Gasteiger partial charge on any atom is -0.489 e. The Labute approximate surface area is 164 Å². The Balaban J connectivity index is 1.38. The van der Waals surface area contributed by atoms with E-state index in [1.54, 1.807) is 12.1 Å². The Morgan fingerprint density at radius 2 is 1.93 bits per heavy atom. The molecule has 1 heterocycles. The van der Waals surface area contributed by atoms with E-state index < -0.39 is 0 Å². The van der Waals surface area contributed by atoms with Gasteiger partial charge >= 0.3 is 0 Å².